The highest BCUT2D eigenvalue weighted by molar-refractivity contribution is 6.40. The molecule has 19 heavy (non-hydrogen) atoms. The molecule has 2 nitrogen and oxygen atoms in total. The van der Waals surface area contributed by atoms with Crippen molar-refractivity contribution >= 4 is 39.9 Å². The van der Waals surface area contributed by atoms with Crippen LogP contribution in [-0.2, 0) is 4.79 Å². The monoisotopic (exact) mass is 296 g/mol. The largest absolute Gasteiger partial charge is 0.424 e. The smallest absolute Gasteiger partial charge is 0.311 e. The number of fused-ring (bicyclic) bond motifs is 1. The van der Waals surface area contributed by atoms with Crippen molar-refractivity contribution in [2.45, 2.75) is 26.2 Å². The Kier molecular flexibility index (Phi) is 4.67. The van der Waals surface area contributed by atoms with Crippen LogP contribution in [0.25, 0.3) is 10.8 Å². The van der Waals surface area contributed by atoms with Crippen LogP contribution in [-0.4, -0.2) is 5.97 Å². The van der Waals surface area contributed by atoms with Crippen LogP contribution in [0.15, 0.2) is 30.3 Å². The summed E-state index contributed by atoms with van der Waals surface area (Å²) in [5.41, 5.74) is 0. The van der Waals surface area contributed by atoms with Gasteiger partial charge in [-0.25, -0.2) is 0 Å². The van der Waals surface area contributed by atoms with Crippen molar-refractivity contribution in [1.82, 2.24) is 0 Å². The summed E-state index contributed by atoms with van der Waals surface area (Å²) in [5.74, 6) is 0.124. The molecule has 0 saturated heterocycles. The zero-order chi connectivity index (χ0) is 13.8. The summed E-state index contributed by atoms with van der Waals surface area (Å²) in [4.78, 5) is 11.7. The van der Waals surface area contributed by atoms with Crippen molar-refractivity contribution in [2.24, 2.45) is 0 Å². The van der Waals surface area contributed by atoms with E-state index in [0.717, 1.165) is 23.6 Å². The van der Waals surface area contributed by atoms with Gasteiger partial charge in [-0.2, -0.15) is 0 Å². The second-order valence-electron chi connectivity index (χ2n) is 4.29. The second-order valence-corrected chi connectivity index (χ2v) is 5.11. The van der Waals surface area contributed by atoms with Crippen LogP contribution in [0.4, 0.5) is 0 Å². The molecular formula is C15H14Cl2O2. The first-order chi connectivity index (χ1) is 9.13. The summed E-state index contributed by atoms with van der Waals surface area (Å²) >= 11 is 12.3. The van der Waals surface area contributed by atoms with Crippen LogP contribution < -0.4 is 4.74 Å². The van der Waals surface area contributed by atoms with Crippen molar-refractivity contribution in [2.75, 3.05) is 0 Å². The standard InChI is InChI=1S/C15H14Cl2O2/c1-2-3-8-14(18)19-15-11-7-5-4-6-10(11)12(16)9-13(15)17/h4-7,9H,2-3,8H2,1H3. The number of carbonyl (C=O) groups is 1. The minimum Gasteiger partial charge on any atom is -0.424 e. The first-order valence-electron chi connectivity index (χ1n) is 6.21. The van der Waals surface area contributed by atoms with E-state index in [4.69, 9.17) is 27.9 Å². The topological polar surface area (TPSA) is 26.3 Å². The number of rotatable bonds is 4. The minimum absolute atomic E-state index is 0.267. The number of benzene rings is 2. The molecule has 0 saturated carbocycles. The Labute approximate surface area is 122 Å². The van der Waals surface area contributed by atoms with E-state index in [1.54, 1.807) is 6.07 Å². The molecule has 0 aliphatic rings. The van der Waals surface area contributed by atoms with Gasteiger partial charge in [0.2, 0.25) is 0 Å². The van der Waals surface area contributed by atoms with E-state index in [2.05, 4.69) is 0 Å². The maximum atomic E-state index is 11.7. The molecule has 0 aliphatic carbocycles. The lowest BCUT2D eigenvalue weighted by Gasteiger charge is -2.11. The van der Waals surface area contributed by atoms with Crippen LogP contribution >= 0.6 is 23.2 Å². The Balaban J connectivity index is 2.39. The fourth-order valence-corrected chi connectivity index (χ4v) is 2.44. The van der Waals surface area contributed by atoms with Crippen LogP contribution in [0.2, 0.25) is 10.0 Å². The van der Waals surface area contributed by atoms with E-state index in [1.807, 2.05) is 31.2 Å². The number of ether oxygens (including phenoxy) is 1. The fourth-order valence-electron chi connectivity index (χ4n) is 1.86. The lowest BCUT2D eigenvalue weighted by atomic mass is 10.1. The van der Waals surface area contributed by atoms with E-state index < -0.39 is 0 Å². The zero-order valence-corrected chi connectivity index (χ0v) is 12.1. The molecule has 0 fully saturated rings. The Morgan fingerprint density at radius 3 is 2.53 bits per heavy atom. The molecule has 0 N–H and O–H groups in total. The highest BCUT2D eigenvalue weighted by Gasteiger charge is 2.14. The predicted molar refractivity (Wildman–Crippen MR) is 79.1 cm³/mol. The highest BCUT2D eigenvalue weighted by Crippen LogP contribution is 2.38. The number of carbonyl (C=O) groups excluding carboxylic acids is 1. The molecule has 2 rings (SSSR count). The molecule has 0 aliphatic heterocycles. The third kappa shape index (κ3) is 3.20. The Hall–Kier alpha value is -1.25. The molecule has 100 valence electrons. The molecule has 0 spiro atoms. The molecule has 2 aromatic carbocycles. The van der Waals surface area contributed by atoms with Crippen molar-refractivity contribution < 1.29 is 9.53 Å². The van der Waals surface area contributed by atoms with Crippen LogP contribution in [0, 0.1) is 0 Å². The number of unbranched alkanes of at least 4 members (excludes halogenated alkanes) is 1. The molecule has 0 bridgehead atoms. The zero-order valence-electron chi connectivity index (χ0n) is 10.6. The first kappa shape index (κ1) is 14.2. The van der Waals surface area contributed by atoms with Crippen LogP contribution in [0.1, 0.15) is 26.2 Å². The highest BCUT2D eigenvalue weighted by atomic mass is 35.5. The summed E-state index contributed by atoms with van der Waals surface area (Å²) in [6.45, 7) is 2.03. The molecule has 0 amide bonds. The second kappa shape index (κ2) is 6.27. The molecule has 0 aromatic heterocycles. The average molecular weight is 297 g/mol. The minimum atomic E-state index is -0.267. The van der Waals surface area contributed by atoms with E-state index >= 15 is 0 Å². The number of hydrogen-bond donors (Lipinski definition) is 0. The maximum absolute atomic E-state index is 11.7. The van der Waals surface area contributed by atoms with Crippen molar-refractivity contribution in [1.29, 1.82) is 0 Å². The fraction of sp³-hybridized carbons (Fsp3) is 0.267. The van der Waals surface area contributed by atoms with Gasteiger partial charge in [0.05, 0.1) is 10.0 Å². The van der Waals surface area contributed by atoms with Gasteiger partial charge in [0.15, 0.2) is 5.75 Å². The van der Waals surface area contributed by atoms with Gasteiger partial charge >= 0.3 is 5.97 Å². The SMILES string of the molecule is CCCCC(=O)Oc1c(Cl)cc(Cl)c2ccccc12. The molecule has 0 radical (unpaired) electrons. The third-order valence-corrected chi connectivity index (χ3v) is 3.44. The van der Waals surface area contributed by atoms with Gasteiger partial charge in [0, 0.05) is 17.2 Å². The van der Waals surface area contributed by atoms with E-state index in [0.29, 0.717) is 22.2 Å². The number of esters is 1. The molecule has 0 atom stereocenters. The van der Waals surface area contributed by atoms with Gasteiger partial charge in [-0.3, -0.25) is 4.79 Å². The Morgan fingerprint density at radius 2 is 1.84 bits per heavy atom. The molecule has 4 heteroatoms. The first-order valence-corrected chi connectivity index (χ1v) is 6.96. The molecule has 2 aromatic rings. The lowest BCUT2D eigenvalue weighted by molar-refractivity contribution is -0.134. The Morgan fingerprint density at radius 1 is 1.16 bits per heavy atom. The lowest BCUT2D eigenvalue weighted by Crippen LogP contribution is -2.08. The summed E-state index contributed by atoms with van der Waals surface area (Å²) < 4.78 is 5.39. The van der Waals surface area contributed by atoms with Crippen LogP contribution in [0.5, 0.6) is 5.75 Å². The summed E-state index contributed by atoms with van der Waals surface area (Å²) in [5, 5.41) is 2.49. The van der Waals surface area contributed by atoms with E-state index in [1.165, 1.54) is 0 Å². The summed E-state index contributed by atoms with van der Waals surface area (Å²) in [6, 6.07) is 9.06. The van der Waals surface area contributed by atoms with Gasteiger partial charge < -0.3 is 4.74 Å². The van der Waals surface area contributed by atoms with Gasteiger partial charge in [0.25, 0.3) is 0 Å². The predicted octanol–water partition coefficient (Wildman–Crippen LogP) is 5.24. The van der Waals surface area contributed by atoms with Gasteiger partial charge in [-0.15, -0.1) is 0 Å². The number of hydrogen-bond acceptors (Lipinski definition) is 2. The van der Waals surface area contributed by atoms with E-state index in [-0.39, 0.29) is 5.97 Å². The van der Waals surface area contributed by atoms with Crippen molar-refractivity contribution in [3.8, 4) is 5.75 Å². The van der Waals surface area contributed by atoms with Gasteiger partial charge in [0.1, 0.15) is 0 Å². The van der Waals surface area contributed by atoms with Crippen molar-refractivity contribution in [3.05, 3.63) is 40.4 Å². The maximum Gasteiger partial charge on any atom is 0.311 e. The summed E-state index contributed by atoms with van der Waals surface area (Å²) in [7, 11) is 0. The Bertz CT molecular complexity index is 608. The van der Waals surface area contributed by atoms with Gasteiger partial charge in [-0.05, 0) is 12.5 Å². The average Bonchev–Trinajstić information content (AvgIpc) is 2.41. The third-order valence-electron chi connectivity index (χ3n) is 2.85. The van der Waals surface area contributed by atoms with E-state index in [9.17, 15) is 4.79 Å². The quantitative estimate of drug-likeness (QED) is 0.569. The number of halogens is 2. The molecular weight excluding hydrogens is 283 g/mol. The van der Waals surface area contributed by atoms with Gasteiger partial charge in [-0.1, -0.05) is 60.8 Å². The molecule has 0 heterocycles. The van der Waals surface area contributed by atoms with Crippen molar-refractivity contribution in [3.63, 3.8) is 0 Å². The summed E-state index contributed by atoms with van der Waals surface area (Å²) in [6.07, 6.45) is 2.15. The van der Waals surface area contributed by atoms with Crippen LogP contribution in [0.3, 0.4) is 0 Å². The molecule has 0 unspecified atom stereocenters. The normalized spacial score (nSPS) is 10.7.